The number of hydrogen-bond acceptors (Lipinski definition) is 3. The lowest BCUT2D eigenvalue weighted by molar-refractivity contribution is 0.0855. The summed E-state index contributed by atoms with van der Waals surface area (Å²) >= 11 is 5.88. The van der Waals surface area contributed by atoms with Gasteiger partial charge in [-0.1, -0.05) is 11.6 Å². The summed E-state index contributed by atoms with van der Waals surface area (Å²) in [5, 5.41) is 3.35. The summed E-state index contributed by atoms with van der Waals surface area (Å²) < 4.78 is 10.6. The third kappa shape index (κ3) is 3.15. The number of nitrogens with one attached hydrogen (secondary N) is 1. The van der Waals surface area contributed by atoms with Crippen molar-refractivity contribution in [1.82, 2.24) is 5.32 Å². The van der Waals surface area contributed by atoms with Crippen molar-refractivity contribution in [2.45, 2.75) is 18.9 Å². The van der Waals surface area contributed by atoms with E-state index in [4.69, 9.17) is 21.1 Å². The maximum absolute atomic E-state index is 12.0. The zero-order valence-corrected chi connectivity index (χ0v) is 11.0. The molecule has 1 N–H and O–H groups in total. The standard InChI is InChI=1S/C13H16ClNO3/c1-17-12-5-4-9(14)7-11(12)13(16)15-8-10-3-2-6-18-10/h4-5,7,10H,2-3,6,8H2,1H3,(H,15,16). The minimum Gasteiger partial charge on any atom is -0.496 e. The van der Waals surface area contributed by atoms with Crippen molar-refractivity contribution in [3.8, 4) is 5.75 Å². The fourth-order valence-electron chi connectivity index (χ4n) is 1.96. The molecule has 1 fully saturated rings. The molecule has 1 aliphatic heterocycles. The van der Waals surface area contributed by atoms with Gasteiger partial charge in [-0.3, -0.25) is 4.79 Å². The summed E-state index contributed by atoms with van der Waals surface area (Å²) in [4.78, 5) is 12.0. The molecule has 0 radical (unpaired) electrons. The number of ether oxygens (including phenoxy) is 2. The maximum Gasteiger partial charge on any atom is 0.255 e. The number of carbonyl (C=O) groups excluding carboxylic acids is 1. The van der Waals surface area contributed by atoms with Crippen molar-refractivity contribution in [2.24, 2.45) is 0 Å². The lowest BCUT2D eigenvalue weighted by Crippen LogP contribution is -2.32. The lowest BCUT2D eigenvalue weighted by Gasteiger charge is -2.12. The number of halogens is 1. The fraction of sp³-hybridized carbons (Fsp3) is 0.462. The van der Waals surface area contributed by atoms with Crippen molar-refractivity contribution in [3.63, 3.8) is 0 Å². The van der Waals surface area contributed by atoms with Crippen LogP contribution in [0.15, 0.2) is 18.2 Å². The third-order valence-corrected chi connectivity index (χ3v) is 3.16. The Balaban J connectivity index is 2.00. The van der Waals surface area contributed by atoms with Crippen molar-refractivity contribution in [2.75, 3.05) is 20.3 Å². The Morgan fingerprint density at radius 1 is 1.61 bits per heavy atom. The van der Waals surface area contributed by atoms with Gasteiger partial charge in [-0.05, 0) is 31.0 Å². The fourth-order valence-corrected chi connectivity index (χ4v) is 2.14. The summed E-state index contributed by atoms with van der Waals surface area (Å²) in [5.41, 5.74) is 0.447. The summed E-state index contributed by atoms with van der Waals surface area (Å²) in [6, 6.07) is 4.98. The van der Waals surface area contributed by atoms with E-state index in [9.17, 15) is 4.79 Å². The zero-order chi connectivity index (χ0) is 13.0. The van der Waals surface area contributed by atoms with E-state index >= 15 is 0 Å². The predicted octanol–water partition coefficient (Wildman–Crippen LogP) is 2.26. The van der Waals surface area contributed by atoms with Gasteiger partial charge in [-0.2, -0.15) is 0 Å². The Bertz CT molecular complexity index is 430. The van der Waals surface area contributed by atoms with Gasteiger partial charge in [0.1, 0.15) is 5.75 Å². The van der Waals surface area contributed by atoms with Gasteiger partial charge in [0.2, 0.25) is 0 Å². The number of methoxy groups -OCH3 is 1. The third-order valence-electron chi connectivity index (χ3n) is 2.92. The molecule has 0 spiro atoms. The molecule has 98 valence electrons. The molecule has 1 aromatic carbocycles. The minimum absolute atomic E-state index is 0.124. The SMILES string of the molecule is COc1ccc(Cl)cc1C(=O)NCC1CCCO1. The van der Waals surface area contributed by atoms with Crippen LogP contribution in [0.1, 0.15) is 23.2 Å². The van der Waals surface area contributed by atoms with Crippen molar-refractivity contribution in [3.05, 3.63) is 28.8 Å². The molecule has 1 aliphatic rings. The molecular formula is C13H16ClNO3. The van der Waals surface area contributed by atoms with E-state index in [0.29, 0.717) is 22.9 Å². The van der Waals surface area contributed by atoms with Gasteiger partial charge in [0.15, 0.2) is 0 Å². The van der Waals surface area contributed by atoms with Crippen LogP contribution in [-0.2, 0) is 4.74 Å². The van der Waals surface area contributed by atoms with Crippen molar-refractivity contribution in [1.29, 1.82) is 0 Å². The van der Waals surface area contributed by atoms with Gasteiger partial charge in [0.25, 0.3) is 5.91 Å². The van der Waals surface area contributed by atoms with E-state index in [1.54, 1.807) is 18.2 Å². The molecule has 2 rings (SSSR count). The summed E-state index contributed by atoms with van der Waals surface area (Å²) in [5.74, 6) is 0.328. The Morgan fingerprint density at radius 2 is 2.44 bits per heavy atom. The van der Waals surface area contributed by atoms with Gasteiger partial charge in [0, 0.05) is 18.2 Å². The number of rotatable bonds is 4. The van der Waals surface area contributed by atoms with Gasteiger partial charge in [-0.15, -0.1) is 0 Å². The van der Waals surface area contributed by atoms with Gasteiger partial charge < -0.3 is 14.8 Å². The largest absolute Gasteiger partial charge is 0.496 e. The summed E-state index contributed by atoms with van der Waals surface area (Å²) in [7, 11) is 1.53. The second kappa shape index (κ2) is 6.07. The van der Waals surface area contributed by atoms with Crippen molar-refractivity contribution < 1.29 is 14.3 Å². The Morgan fingerprint density at radius 3 is 3.11 bits per heavy atom. The first-order chi connectivity index (χ1) is 8.70. The van der Waals surface area contributed by atoms with Gasteiger partial charge in [0.05, 0.1) is 18.8 Å². The van der Waals surface area contributed by atoms with Crippen LogP contribution in [0.5, 0.6) is 5.75 Å². The molecule has 1 saturated heterocycles. The van der Waals surface area contributed by atoms with Crippen LogP contribution in [0.3, 0.4) is 0 Å². The maximum atomic E-state index is 12.0. The highest BCUT2D eigenvalue weighted by Gasteiger charge is 2.18. The molecule has 1 atom stereocenters. The monoisotopic (exact) mass is 269 g/mol. The Kier molecular flexibility index (Phi) is 4.44. The second-order valence-electron chi connectivity index (χ2n) is 4.19. The summed E-state index contributed by atoms with van der Waals surface area (Å²) in [6.07, 6.45) is 2.17. The smallest absolute Gasteiger partial charge is 0.255 e. The van der Waals surface area contributed by atoms with E-state index in [1.807, 2.05) is 0 Å². The molecule has 0 bridgehead atoms. The quantitative estimate of drug-likeness (QED) is 0.912. The van der Waals surface area contributed by atoms with Crippen LogP contribution in [0.25, 0.3) is 0 Å². The molecule has 1 amide bonds. The molecule has 4 nitrogen and oxygen atoms in total. The van der Waals surface area contributed by atoms with Crippen LogP contribution in [-0.4, -0.2) is 32.3 Å². The Hall–Kier alpha value is -1.26. The van der Waals surface area contributed by atoms with Crippen LogP contribution in [0, 0.1) is 0 Å². The van der Waals surface area contributed by atoms with E-state index in [-0.39, 0.29) is 12.0 Å². The average Bonchev–Trinajstić information content (AvgIpc) is 2.89. The van der Waals surface area contributed by atoms with Crippen LogP contribution < -0.4 is 10.1 Å². The molecule has 5 heteroatoms. The molecule has 18 heavy (non-hydrogen) atoms. The molecular weight excluding hydrogens is 254 g/mol. The van der Waals surface area contributed by atoms with Crippen molar-refractivity contribution >= 4 is 17.5 Å². The molecule has 1 heterocycles. The topological polar surface area (TPSA) is 47.6 Å². The molecule has 1 unspecified atom stereocenters. The number of benzene rings is 1. The second-order valence-corrected chi connectivity index (χ2v) is 4.63. The lowest BCUT2D eigenvalue weighted by atomic mass is 10.1. The van der Waals surface area contributed by atoms with Gasteiger partial charge >= 0.3 is 0 Å². The minimum atomic E-state index is -0.190. The average molecular weight is 270 g/mol. The van der Waals surface area contributed by atoms with E-state index in [2.05, 4.69) is 5.32 Å². The zero-order valence-electron chi connectivity index (χ0n) is 10.2. The number of carbonyl (C=O) groups is 1. The molecule has 0 aromatic heterocycles. The number of amides is 1. The van der Waals surface area contributed by atoms with Crippen LogP contribution in [0.2, 0.25) is 5.02 Å². The first-order valence-electron chi connectivity index (χ1n) is 5.94. The highest BCUT2D eigenvalue weighted by atomic mass is 35.5. The van der Waals surface area contributed by atoms with E-state index < -0.39 is 0 Å². The van der Waals surface area contributed by atoms with Crippen LogP contribution in [0.4, 0.5) is 0 Å². The van der Waals surface area contributed by atoms with Gasteiger partial charge in [-0.25, -0.2) is 0 Å². The molecule has 0 saturated carbocycles. The first-order valence-corrected chi connectivity index (χ1v) is 6.32. The Labute approximate surface area is 111 Å². The number of hydrogen-bond donors (Lipinski definition) is 1. The van der Waals surface area contributed by atoms with Crippen LogP contribution >= 0.6 is 11.6 Å². The predicted molar refractivity (Wildman–Crippen MR) is 69.3 cm³/mol. The van der Waals surface area contributed by atoms with E-state index in [0.717, 1.165) is 19.4 Å². The normalized spacial score (nSPS) is 18.7. The highest BCUT2D eigenvalue weighted by molar-refractivity contribution is 6.31. The first kappa shape index (κ1) is 13.2. The van der Waals surface area contributed by atoms with E-state index in [1.165, 1.54) is 7.11 Å². The molecule has 1 aromatic rings. The molecule has 0 aliphatic carbocycles. The summed E-state index contributed by atoms with van der Waals surface area (Å²) in [6.45, 7) is 1.30. The highest BCUT2D eigenvalue weighted by Crippen LogP contribution is 2.22.